The lowest BCUT2D eigenvalue weighted by molar-refractivity contribution is 0.258. The molecule has 0 radical (unpaired) electrons. The normalized spacial score (nSPS) is 13.9. The first-order valence-electron chi connectivity index (χ1n) is 5.86. The van der Waals surface area contributed by atoms with Crippen LogP contribution >= 0.6 is 0 Å². The topological polar surface area (TPSA) is 32.3 Å². The Kier molecular flexibility index (Phi) is 3.98. The van der Waals surface area contributed by atoms with Crippen molar-refractivity contribution in [3.63, 3.8) is 0 Å². The van der Waals surface area contributed by atoms with E-state index in [9.17, 15) is 0 Å². The Morgan fingerprint density at radius 1 is 1.06 bits per heavy atom. The summed E-state index contributed by atoms with van der Waals surface area (Å²) in [6.45, 7) is 11.3. The van der Waals surface area contributed by atoms with Crippen LogP contribution in [0.1, 0.15) is 46.1 Å². The van der Waals surface area contributed by atoms with E-state index in [1.807, 2.05) is 12.1 Å². The molecule has 0 amide bonds. The second kappa shape index (κ2) is 4.88. The summed E-state index contributed by atoms with van der Waals surface area (Å²) in [5, 5.41) is 8.79. The molecule has 2 nitrogen and oxygen atoms in total. The highest BCUT2D eigenvalue weighted by molar-refractivity contribution is 5.43. The number of anilines is 1. The van der Waals surface area contributed by atoms with Crippen LogP contribution in [-0.2, 0) is 0 Å². The van der Waals surface area contributed by atoms with E-state index in [0.717, 1.165) is 5.69 Å². The molecule has 0 aromatic heterocycles. The molecule has 90 valence electrons. The van der Waals surface area contributed by atoms with E-state index < -0.39 is 0 Å². The first-order chi connectivity index (χ1) is 7.36. The molecule has 1 aromatic carbocycles. The number of benzene rings is 1. The van der Waals surface area contributed by atoms with Gasteiger partial charge in [0, 0.05) is 0 Å². The summed E-state index contributed by atoms with van der Waals surface area (Å²) in [5.41, 5.74) is 4.48. The van der Waals surface area contributed by atoms with Gasteiger partial charge in [-0.05, 0) is 34.9 Å². The Balaban J connectivity index is 3.03. The number of hydrogen-bond donors (Lipinski definition) is 2. The molecule has 1 atom stereocenters. The van der Waals surface area contributed by atoms with Crippen LogP contribution in [0.25, 0.3) is 0 Å². The van der Waals surface area contributed by atoms with Crippen molar-refractivity contribution in [3.8, 4) is 0 Å². The maximum atomic E-state index is 8.79. The summed E-state index contributed by atoms with van der Waals surface area (Å²) < 4.78 is 0. The summed E-state index contributed by atoms with van der Waals surface area (Å²) in [5.74, 6) is 1.13. The van der Waals surface area contributed by atoms with E-state index in [0.29, 0.717) is 11.8 Å². The monoisotopic (exact) mass is 221 g/mol. The zero-order valence-electron chi connectivity index (χ0n) is 10.9. The van der Waals surface area contributed by atoms with Gasteiger partial charge in [0.1, 0.15) is 0 Å². The molecule has 2 heteroatoms. The third-order valence-electron chi connectivity index (χ3n) is 3.00. The summed E-state index contributed by atoms with van der Waals surface area (Å²) in [6, 6.07) is 8.01. The van der Waals surface area contributed by atoms with Gasteiger partial charge in [-0.15, -0.1) is 0 Å². The fourth-order valence-electron chi connectivity index (χ4n) is 2.65. The van der Waals surface area contributed by atoms with Gasteiger partial charge < -0.3 is 0 Å². The van der Waals surface area contributed by atoms with Crippen molar-refractivity contribution in [1.82, 2.24) is 0 Å². The Labute approximate surface area is 98.6 Å². The zero-order chi connectivity index (χ0) is 12.3. The van der Waals surface area contributed by atoms with Crippen molar-refractivity contribution < 1.29 is 5.21 Å². The van der Waals surface area contributed by atoms with Crippen molar-refractivity contribution in [2.24, 2.45) is 11.3 Å². The summed E-state index contributed by atoms with van der Waals surface area (Å²) in [6.07, 6.45) is 0. The lowest BCUT2D eigenvalue weighted by Gasteiger charge is -2.34. The molecule has 0 spiro atoms. The van der Waals surface area contributed by atoms with Crippen LogP contribution in [0.3, 0.4) is 0 Å². The summed E-state index contributed by atoms with van der Waals surface area (Å²) in [7, 11) is 0. The highest BCUT2D eigenvalue weighted by Gasteiger charge is 2.28. The van der Waals surface area contributed by atoms with Crippen molar-refractivity contribution in [1.29, 1.82) is 0 Å². The molecule has 0 fully saturated rings. The first kappa shape index (κ1) is 13.0. The van der Waals surface area contributed by atoms with Gasteiger partial charge in [0.25, 0.3) is 0 Å². The van der Waals surface area contributed by atoms with Gasteiger partial charge in [-0.2, -0.15) is 0 Å². The molecule has 0 bridgehead atoms. The fourth-order valence-corrected chi connectivity index (χ4v) is 2.65. The average Bonchev–Trinajstić information content (AvgIpc) is 2.16. The molecule has 0 saturated heterocycles. The molecule has 0 heterocycles. The predicted octanol–water partition coefficient (Wildman–Crippen LogP) is 4.27. The average molecular weight is 221 g/mol. The second-order valence-electron chi connectivity index (χ2n) is 5.82. The van der Waals surface area contributed by atoms with E-state index >= 15 is 0 Å². The molecule has 16 heavy (non-hydrogen) atoms. The first-order valence-corrected chi connectivity index (χ1v) is 5.86. The van der Waals surface area contributed by atoms with Crippen molar-refractivity contribution in [3.05, 3.63) is 29.8 Å². The van der Waals surface area contributed by atoms with E-state index in [2.05, 4.69) is 52.2 Å². The van der Waals surface area contributed by atoms with Gasteiger partial charge >= 0.3 is 0 Å². The molecule has 0 saturated carbocycles. The Morgan fingerprint density at radius 2 is 1.56 bits per heavy atom. The minimum Gasteiger partial charge on any atom is -0.291 e. The van der Waals surface area contributed by atoms with Gasteiger partial charge in [-0.3, -0.25) is 10.7 Å². The van der Waals surface area contributed by atoms with Crippen LogP contribution in [0, 0.1) is 11.3 Å². The fraction of sp³-hybridized carbons (Fsp3) is 0.571. The second-order valence-corrected chi connectivity index (χ2v) is 5.82. The van der Waals surface area contributed by atoms with Crippen LogP contribution in [0.2, 0.25) is 0 Å². The highest BCUT2D eigenvalue weighted by Crippen LogP contribution is 2.40. The lowest BCUT2D eigenvalue weighted by atomic mass is 9.70. The van der Waals surface area contributed by atoms with Gasteiger partial charge in [0.15, 0.2) is 0 Å². The van der Waals surface area contributed by atoms with Gasteiger partial charge in [-0.1, -0.05) is 46.8 Å². The smallest absolute Gasteiger partial charge is 0.0602 e. The third kappa shape index (κ3) is 2.99. The van der Waals surface area contributed by atoms with Gasteiger partial charge in [0.05, 0.1) is 5.69 Å². The van der Waals surface area contributed by atoms with Crippen LogP contribution in [0.4, 0.5) is 5.69 Å². The maximum absolute atomic E-state index is 8.79. The van der Waals surface area contributed by atoms with Crippen LogP contribution in [0.15, 0.2) is 24.3 Å². The predicted molar refractivity (Wildman–Crippen MR) is 68.9 cm³/mol. The Bertz CT molecular complexity index is 322. The van der Waals surface area contributed by atoms with E-state index in [4.69, 9.17) is 5.21 Å². The Hall–Kier alpha value is -1.02. The lowest BCUT2D eigenvalue weighted by Crippen LogP contribution is -2.23. The van der Waals surface area contributed by atoms with Crippen LogP contribution in [-0.4, -0.2) is 5.21 Å². The molecular formula is C14H23NO. The minimum atomic E-state index is 0.252. The Morgan fingerprint density at radius 3 is 1.88 bits per heavy atom. The molecule has 1 unspecified atom stereocenters. The van der Waals surface area contributed by atoms with Crippen LogP contribution < -0.4 is 5.48 Å². The molecular weight excluding hydrogens is 198 g/mol. The molecule has 1 aromatic rings. The van der Waals surface area contributed by atoms with Crippen molar-refractivity contribution >= 4 is 5.69 Å². The van der Waals surface area contributed by atoms with Gasteiger partial charge in [-0.25, -0.2) is 0 Å². The zero-order valence-corrected chi connectivity index (χ0v) is 10.9. The van der Waals surface area contributed by atoms with E-state index in [-0.39, 0.29) is 5.41 Å². The quantitative estimate of drug-likeness (QED) is 0.747. The minimum absolute atomic E-state index is 0.252. The number of hydrogen-bond acceptors (Lipinski definition) is 2. The van der Waals surface area contributed by atoms with Crippen molar-refractivity contribution in [2.75, 3.05) is 5.48 Å². The number of nitrogens with one attached hydrogen (secondary N) is 1. The molecule has 0 aliphatic heterocycles. The largest absolute Gasteiger partial charge is 0.291 e. The highest BCUT2D eigenvalue weighted by atomic mass is 16.5. The van der Waals surface area contributed by atoms with E-state index in [1.54, 1.807) is 0 Å². The SMILES string of the molecule is CC(C)C(c1ccc(NO)cc1)C(C)(C)C. The molecule has 2 N–H and O–H groups in total. The summed E-state index contributed by atoms with van der Waals surface area (Å²) in [4.78, 5) is 0. The third-order valence-corrected chi connectivity index (χ3v) is 3.00. The van der Waals surface area contributed by atoms with Crippen LogP contribution in [0.5, 0.6) is 0 Å². The number of rotatable bonds is 3. The summed E-state index contributed by atoms with van der Waals surface area (Å²) >= 11 is 0. The van der Waals surface area contributed by atoms with Gasteiger partial charge in [0.2, 0.25) is 0 Å². The standard InChI is InChI=1S/C14H23NO/c1-10(2)13(14(3,4)5)11-6-8-12(15-16)9-7-11/h6-10,13,15-16H,1-5H3. The maximum Gasteiger partial charge on any atom is 0.0602 e. The molecule has 1 rings (SSSR count). The molecule has 0 aliphatic rings. The molecule has 0 aliphatic carbocycles. The van der Waals surface area contributed by atoms with E-state index in [1.165, 1.54) is 5.56 Å². The van der Waals surface area contributed by atoms with Crippen molar-refractivity contribution in [2.45, 2.75) is 40.5 Å².